The van der Waals surface area contributed by atoms with Gasteiger partial charge in [0.15, 0.2) is 0 Å². The van der Waals surface area contributed by atoms with Crippen LogP contribution in [0.5, 0.6) is 0 Å². The van der Waals surface area contributed by atoms with Gasteiger partial charge < -0.3 is 5.32 Å². The lowest BCUT2D eigenvalue weighted by Crippen LogP contribution is -2.14. The number of anilines is 1. The van der Waals surface area contributed by atoms with Gasteiger partial charge in [0.2, 0.25) is 0 Å². The monoisotopic (exact) mass is 206 g/mol. The average Bonchev–Trinajstić information content (AvgIpc) is 2.07. The average molecular weight is 206 g/mol. The molecule has 2 heteroatoms. The summed E-state index contributed by atoms with van der Waals surface area (Å²) < 4.78 is 0. The van der Waals surface area contributed by atoms with Crippen molar-refractivity contribution in [1.29, 1.82) is 0 Å². The molecule has 0 aliphatic rings. The fourth-order valence-electron chi connectivity index (χ4n) is 1.46. The number of hydrogen-bond donors (Lipinski definition) is 1. The van der Waals surface area contributed by atoms with Gasteiger partial charge >= 0.3 is 0 Å². The molecule has 1 heterocycles. The molecular formula is C13H22N2. The van der Waals surface area contributed by atoms with Crippen LogP contribution in [0.25, 0.3) is 0 Å². The fraction of sp³-hybridized carbons (Fsp3) is 0.615. The zero-order valence-electron chi connectivity index (χ0n) is 10.5. The van der Waals surface area contributed by atoms with Gasteiger partial charge in [-0.2, -0.15) is 0 Å². The van der Waals surface area contributed by atoms with E-state index in [1.54, 1.807) is 0 Å². The van der Waals surface area contributed by atoms with Crippen molar-refractivity contribution in [3.8, 4) is 0 Å². The number of aryl methyl sites for hydroxylation is 2. The van der Waals surface area contributed by atoms with Crippen LogP contribution in [0.4, 0.5) is 5.82 Å². The highest BCUT2D eigenvalue weighted by molar-refractivity contribution is 5.44. The Balaban J connectivity index is 2.51. The van der Waals surface area contributed by atoms with Gasteiger partial charge in [-0.15, -0.1) is 0 Å². The van der Waals surface area contributed by atoms with Crippen LogP contribution in [-0.4, -0.2) is 11.5 Å². The molecule has 0 radical (unpaired) electrons. The zero-order valence-corrected chi connectivity index (χ0v) is 10.5. The van der Waals surface area contributed by atoms with Crippen molar-refractivity contribution in [2.75, 3.05) is 11.9 Å². The molecule has 0 unspecified atom stereocenters. The summed E-state index contributed by atoms with van der Waals surface area (Å²) in [5.74, 6) is 1.02. The minimum atomic E-state index is 0.381. The lowest BCUT2D eigenvalue weighted by atomic mass is 9.92. The second-order valence-corrected chi connectivity index (χ2v) is 5.42. The summed E-state index contributed by atoms with van der Waals surface area (Å²) in [6, 6.07) is 2.16. The quantitative estimate of drug-likeness (QED) is 0.818. The molecule has 0 bridgehead atoms. The van der Waals surface area contributed by atoms with Crippen molar-refractivity contribution in [2.24, 2.45) is 5.41 Å². The third-order valence-electron chi connectivity index (χ3n) is 2.38. The maximum atomic E-state index is 4.39. The molecule has 0 saturated heterocycles. The Kier molecular flexibility index (Phi) is 3.72. The zero-order chi connectivity index (χ0) is 11.5. The van der Waals surface area contributed by atoms with Gasteiger partial charge in [-0.25, -0.2) is 4.98 Å². The molecule has 0 amide bonds. The predicted molar refractivity (Wildman–Crippen MR) is 66.3 cm³/mol. The molecule has 0 aliphatic heterocycles. The Hall–Kier alpha value is -1.05. The largest absolute Gasteiger partial charge is 0.370 e. The molecule has 0 aliphatic carbocycles. The van der Waals surface area contributed by atoms with Crippen molar-refractivity contribution in [1.82, 2.24) is 4.98 Å². The fourth-order valence-corrected chi connectivity index (χ4v) is 1.46. The second kappa shape index (κ2) is 4.65. The molecule has 0 aromatic carbocycles. The van der Waals surface area contributed by atoms with E-state index in [-0.39, 0.29) is 0 Å². The van der Waals surface area contributed by atoms with Crippen LogP contribution in [0.1, 0.15) is 38.3 Å². The van der Waals surface area contributed by atoms with Crippen molar-refractivity contribution < 1.29 is 0 Å². The molecule has 0 saturated carbocycles. The smallest absolute Gasteiger partial charge is 0.128 e. The van der Waals surface area contributed by atoms with E-state index in [0.29, 0.717) is 5.41 Å². The normalized spacial score (nSPS) is 11.5. The van der Waals surface area contributed by atoms with E-state index in [2.05, 4.69) is 51.0 Å². The Morgan fingerprint density at radius 2 is 1.93 bits per heavy atom. The van der Waals surface area contributed by atoms with Gasteiger partial charge in [0.25, 0.3) is 0 Å². The summed E-state index contributed by atoms with van der Waals surface area (Å²) in [6.07, 6.45) is 3.06. The highest BCUT2D eigenvalue weighted by atomic mass is 15.0. The van der Waals surface area contributed by atoms with E-state index < -0.39 is 0 Å². The summed E-state index contributed by atoms with van der Waals surface area (Å²) >= 11 is 0. The van der Waals surface area contributed by atoms with Crippen molar-refractivity contribution in [2.45, 2.75) is 41.0 Å². The van der Waals surface area contributed by atoms with E-state index in [0.717, 1.165) is 18.8 Å². The van der Waals surface area contributed by atoms with Gasteiger partial charge in [-0.05, 0) is 36.8 Å². The first kappa shape index (κ1) is 12.0. The molecule has 1 aromatic heterocycles. The maximum Gasteiger partial charge on any atom is 0.128 e. The van der Waals surface area contributed by atoms with Gasteiger partial charge in [0.05, 0.1) is 0 Å². The first-order chi connectivity index (χ1) is 6.88. The number of rotatable bonds is 3. The minimum Gasteiger partial charge on any atom is -0.370 e. The summed E-state index contributed by atoms with van der Waals surface area (Å²) in [4.78, 5) is 4.39. The van der Waals surface area contributed by atoms with E-state index in [1.165, 1.54) is 11.1 Å². The highest BCUT2D eigenvalue weighted by Gasteiger charge is 2.09. The van der Waals surface area contributed by atoms with Crippen molar-refractivity contribution in [3.63, 3.8) is 0 Å². The number of aromatic nitrogens is 1. The topological polar surface area (TPSA) is 24.9 Å². The van der Waals surface area contributed by atoms with Crippen LogP contribution in [0.2, 0.25) is 0 Å². The number of pyridine rings is 1. The maximum absolute atomic E-state index is 4.39. The molecule has 1 rings (SSSR count). The number of nitrogens with zero attached hydrogens (tertiary/aromatic N) is 1. The molecule has 2 nitrogen and oxygen atoms in total. The molecule has 0 fully saturated rings. The second-order valence-electron chi connectivity index (χ2n) is 5.42. The molecule has 1 aromatic rings. The predicted octanol–water partition coefficient (Wildman–Crippen LogP) is 3.55. The highest BCUT2D eigenvalue weighted by Crippen LogP contribution is 2.19. The standard InChI is InChI=1S/C13H22N2/c1-10-8-11(2)12(15-9-10)14-7-6-13(3,4)5/h8-9H,6-7H2,1-5H3,(H,14,15). The van der Waals surface area contributed by atoms with E-state index in [1.807, 2.05) is 6.20 Å². The van der Waals surface area contributed by atoms with Crippen LogP contribution in [0.3, 0.4) is 0 Å². The SMILES string of the molecule is Cc1cnc(NCCC(C)(C)C)c(C)c1. The molecule has 84 valence electrons. The first-order valence-corrected chi connectivity index (χ1v) is 5.55. The Morgan fingerprint density at radius 1 is 1.27 bits per heavy atom. The van der Waals surface area contributed by atoms with E-state index >= 15 is 0 Å². The van der Waals surface area contributed by atoms with Gasteiger partial charge in [-0.3, -0.25) is 0 Å². The lowest BCUT2D eigenvalue weighted by molar-refractivity contribution is 0.389. The third-order valence-corrected chi connectivity index (χ3v) is 2.38. The molecule has 0 atom stereocenters. The van der Waals surface area contributed by atoms with Crippen molar-refractivity contribution >= 4 is 5.82 Å². The summed E-state index contributed by atoms with van der Waals surface area (Å²) in [7, 11) is 0. The van der Waals surface area contributed by atoms with Gasteiger partial charge in [0.1, 0.15) is 5.82 Å². The number of hydrogen-bond acceptors (Lipinski definition) is 2. The summed E-state index contributed by atoms with van der Waals surface area (Å²) in [6.45, 7) is 11.9. The van der Waals surface area contributed by atoms with Gasteiger partial charge in [0, 0.05) is 12.7 Å². The third kappa shape index (κ3) is 4.32. The molecule has 15 heavy (non-hydrogen) atoms. The van der Waals surface area contributed by atoms with E-state index in [9.17, 15) is 0 Å². The Morgan fingerprint density at radius 3 is 2.47 bits per heavy atom. The first-order valence-electron chi connectivity index (χ1n) is 5.55. The minimum absolute atomic E-state index is 0.381. The summed E-state index contributed by atoms with van der Waals surface area (Å²) in [5, 5.41) is 3.39. The van der Waals surface area contributed by atoms with Crippen LogP contribution in [0, 0.1) is 19.3 Å². The summed E-state index contributed by atoms with van der Waals surface area (Å²) in [5.41, 5.74) is 2.82. The van der Waals surface area contributed by atoms with E-state index in [4.69, 9.17) is 0 Å². The van der Waals surface area contributed by atoms with Crippen LogP contribution >= 0.6 is 0 Å². The van der Waals surface area contributed by atoms with Crippen LogP contribution in [-0.2, 0) is 0 Å². The van der Waals surface area contributed by atoms with Crippen molar-refractivity contribution in [3.05, 3.63) is 23.4 Å². The Bertz CT molecular complexity index is 324. The molecule has 1 N–H and O–H groups in total. The lowest BCUT2D eigenvalue weighted by Gasteiger charge is -2.18. The van der Waals surface area contributed by atoms with Crippen LogP contribution in [0.15, 0.2) is 12.3 Å². The molecular weight excluding hydrogens is 184 g/mol. The van der Waals surface area contributed by atoms with Gasteiger partial charge in [-0.1, -0.05) is 26.8 Å². The number of nitrogens with one attached hydrogen (secondary N) is 1. The molecule has 0 spiro atoms. The van der Waals surface area contributed by atoms with Crippen LogP contribution < -0.4 is 5.32 Å². The Labute approximate surface area is 93.1 Å².